The summed E-state index contributed by atoms with van der Waals surface area (Å²) in [5.74, 6) is -1.41. The number of carbonyl (C=O) groups is 2. The second-order valence-corrected chi connectivity index (χ2v) is 7.59. The highest BCUT2D eigenvalue weighted by atomic mass is 19.1. The third-order valence-corrected chi connectivity index (χ3v) is 5.24. The van der Waals surface area contributed by atoms with Gasteiger partial charge in [0, 0.05) is 25.2 Å². The lowest BCUT2D eigenvalue weighted by atomic mass is 10.2. The fraction of sp³-hybridized carbons (Fsp3) is 0.250. The van der Waals surface area contributed by atoms with Gasteiger partial charge in [0.25, 0.3) is 5.91 Å². The Labute approximate surface area is 184 Å². The summed E-state index contributed by atoms with van der Waals surface area (Å²) in [6.07, 6.45) is 0.809. The second-order valence-electron chi connectivity index (χ2n) is 7.59. The SMILES string of the molecule is O=C1CN(C(=O)c2ccco2)CC(OCc2ccccc2F)CN1Cc1cccc(F)c1. The Morgan fingerprint density at radius 3 is 2.66 bits per heavy atom. The summed E-state index contributed by atoms with van der Waals surface area (Å²) < 4.78 is 38.8. The van der Waals surface area contributed by atoms with Crippen LogP contribution in [0.1, 0.15) is 21.7 Å². The van der Waals surface area contributed by atoms with Crippen molar-refractivity contribution in [2.24, 2.45) is 0 Å². The largest absolute Gasteiger partial charge is 0.459 e. The maximum absolute atomic E-state index is 14.0. The smallest absolute Gasteiger partial charge is 0.290 e. The quantitative estimate of drug-likeness (QED) is 0.587. The van der Waals surface area contributed by atoms with Gasteiger partial charge in [-0.25, -0.2) is 8.78 Å². The van der Waals surface area contributed by atoms with Crippen molar-refractivity contribution in [2.75, 3.05) is 19.6 Å². The van der Waals surface area contributed by atoms with Gasteiger partial charge in [-0.3, -0.25) is 9.59 Å². The van der Waals surface area contributed by atoms with Crippen LogP contribution in [0.4, 0.5) is 8.78 Å². The molecule has 0 bridgehead atoms. The Hall–Kier alpha value is -3.52. The summed E-state index contributed by atoms with van der Waals surface area (Å²) in [6.45, 7) is 0.278. The van der Waals surface area contributed by atoms with Crippen molar-refractivity contribution in [1.29, 1.82) is 0 Å². The highest BCUT2D eigenvalue weighted by Gasteiger charge is 2.32. The molecule has 1 fully saturated rings. The molecule has 32 heavy (non-hydrogen) atoms. The van der Waals surface area contributed by atoms with Crippen molar-refractivity contribution >= 4 is 11.8 Å². The van der Waals surface area contributed by atoms with E-state index in [9.17, 15) is 18.4 Å². The first-order valence-corrected chi connectivity index (χ1v) is 10.2. The number of rotatable bonds is 6. The van der Waals surface area contributed by atoms with Gasteiger partial charge in [0.05, 0.1) is 19.0 Å². The van der Waals surface area contributed by atoms with Crippen molar-refractivity contribution in [1.82, 2.24) is 9.80 Å². The van der Waals surface area contributed by atoms with E-state index in [4.69, 9.17) is 9.15 Å². The van der Waals surface area contributed by atoms with E-state index in [2.05, 4.69) is 0 Å². The predicted octanol–water partition coefficient (Wildman–Crippen LogP) is 3.63. The molecule has 166 valence electrons. The van der Waals surface area contributed by atoms with E-state index in [1.165, 1.54) is 40.3 Å². The maximum Gasteiger partial charge on any atom is 0.290 e. The number of halogens is 2. The van der Waals surface area contributed by atoms with Crippen LogP contribution in [0, 0.1) is 11.6 Å². The van der Waals surface area contributed by atoms with Crippen LogP contribution >= 0.6 is 0 Å². The fourth-order valence-electron chi connectivity index (χ4n) is 3.63. The lowest BCUT2D eigenvalue weighted by molar-refractivity contribution is -0.132. The van der Waals surface area contributed by atoms with Gasteiger partial charge in [0.15, 0.2) is 5.76 Å². The fourth-order valence-corrected chi connectivity index (χ4v) is 3.63. The number of ether oxygens (including phenoxy) is 1. The summed E-state index contributed by atoms with van der Waals surface area (Å²) in [4.78, 5) is 28.7. The van der Waals surface area contributed by atoms with Gasteiger partial charge in [-0.1, -0.05) is 30.3 Å². The van der Waals surface area contributed by atoms with Gasteiger partial charge in [0.1, 0.15) is 18.2 Å². The van der Waals surface area contributed by atoms with Crippen LogP contribution in [0.3, 0.4) is 0 Å². The lowest BCUT2D eigenvalue weighted by Gasteiger charge is -2.25. The number of hydrogen-bond acceptors (Lipinski definition) is 4. The minimum atomic E-state index is -0.575. The number of furan rings is 1. The third kappa shape index (κ3) is 5.20. The standard InChI is InChI=1S/C24H22F2N2O4/c25-19-7-3-5-17(11-19)12-27-13-20(32-16-18-6-1-2-8-21(18)26)14-28(15-23(27)29)24(30)22-9-4-10-31-22/h1-11,20H,12-16H2. The van der Waals surface area contributed by atoms with E-state index in [0.29, 0.717) is 11.1 Å². The molecule has 4 rings (SSSR count). The van der Waals surface area contributed by atoms with E-state index in [1.54, 1.807) is 36.4 Å². The minimum absolute atomic E-state index is 0.0118. The summed E-state index contributed by atoms with van der Waals surface area (Å²) in [7, 11) is 0. The Bertz CT molecular complexity index is 1090. The molecule has 1 unspecified atom stereocenters. The molecule has 1 aromatic heterocycles. The van der Waals surface area contributed by atoms with E-state index in [0.717, 1.165) is 0 Å². The van der Waals surface area contributed by atoms with Gasteiger partial charge in [-0.05, 0) is 35.9 Å². The van der Waals surface area contributed by atoms with Crippen molar-refractivity contribution in [2.45, 2.75) is 19.3 Å². The first kappa shape index (κ1) is 21.7. The topological polar surface area (TPSA) is 63.0 Å². The van der Waals surface area contributed by atoms with E-state index >= 15 is 0 Å². The van der Waals surface area contributed by atoms with Crippen LogP contribution < -0.4 is 0 Å². The summed E-state index contributed by atoms with van der Waals surface area (Å²) in [5, 5.41) is 0. The molecule has 1 aliphatic rings. The van der Waals surface area contributed by atoms with Gasteiger partial charge in [-0.2, -0.15) is 0 Å². The number of amides is 2. The molecule has 1 aliphatic heterocycles. The van der Waals surface area contributed by atoms with Crippen LogP contribution in [-0.2, 0) is 22.7 Å². The molecule has 2 heterocycles. The zero-order valence-corrected chi connectivity index (χ0v) is 17.2. The Kier molecular flexibility index (Phi) is 6.61. The highest BCUT2D eigenvalue weighted by Crippen LogP contribution is 2.17. The molecule has 0 N–H and O–H groups in total. The van der Waals surface area contributed by atoms with E-state index in [-0.39, 0.29) is 44.5 Å². The molecule has 0 radical (unpaired) electrons. The summed E-state index contributed by atoms with van der Waals surface area (Å²) in [6, 6.07) is 15.4. The zero-order valence-electron chi connectivity index (χ0n) is 17.2. The van der Waals surface area contributed by atoms with Gasteiger partial charge < -0.3 is 19.0 Å². The molecule has 2 amide bonds. The molecule has 1 atom stereocenters. The first-order chi connectivity index (χ1) is 15.5. The van der Waals surface area contributed by atoms with Crippen LogP contribution in [0.15, 0.2) is 71.3 Å². The maximum atomic E-state index is 14.0. The van der Waals surface area contributed by atoms with Crippen molar-refractivity contribution in [3.63, 3.8) is 0 Å². The van der Waals surface area contributed by atoms with Crippen molar-refractivity contribution < 1.29 is 27.5 Å². The summed E-state index contributed by atoms with van der Waals surface area (Å²) >= 11 is 0. The van der Waals surface area contributed by atoms with Gasteiger partial charge in [0.2, 0.25) is 5.91 Å². The van der Waals surface area contributed by atoms with E-state index in [1.807, 2.05) is 0 Å². The molecule has 2 aromatic carbocycles. The molecule has 8 heteroatoms. The minimum Gasteiger partial charge on any atom is -0.459 e. The van der Waals surface area contributed by atoms with Crippen LogP contribution in [0.5, 0.6) is 0 Å². The number of carbonyl (C=O) groups excluding carboxylic acids is 2. The molecule has 0 saturated carbocycles. The molecule has 0 spiro atoms. The zero-order chi connectivity index (χ0) is 22.5. The van der Waals surface area contributed by atoms with Crippen molar-refractivity contribution in [3.05, 3.63) is 95.4 Å². The molecular formula is C24H22F2N2O4. The van der Waals surface area contributed by atoms with Gasteiger partial charge >= 0.3 is 0 Å². The molecule has 0 aliphatic carbocycles. The Morgan fingerprint density at radius 2 is 1.91 bits per heavy atom. The molecule has 3 aromatic rings. The summed E-state index contributed by atoms with van der Waals surface area (Å²) in [5.41, 5.74) is 1.00. The average Bonchev–Trinajstić information content (AvgIpc) is 3.26. The van der Waals surface area contributed by atoms with Gasteiger partial charge in [-0.15, -0.1) is 0 Å². The van der Waals surface area contributed by atoms with Crippen LogP contribution in [0.25, 0.3) is 0 Å². The van der Waals surface area contributed by atoms with Crippen LogP contribution in [-0.4, -0.2) is 47.4 Å². The highest BCUT2D eigenvalue weighted by molar-refractivity contribution is 5.94. The second kappa shape index (κ2) is 9.74. The normalized spacial score (nSPS) is 16.8. The van der Waals surface area contributed by atoms with E-state index < -0.39 is 23.6 Å². The van der Waals surface area contributed by atoms with Crippen LogP contribution in [0.2, 0.25) is 0 Å². The molecule has 6 nitrogen and oxygen atoms in total. The third-order valence-electron chi connectivity index (χ3n) is 5.24. The Balaban J connectivity index is 1.54. The van der Waals surface area contributed by atoms with Crippen molar-refractivity contribution in [3.8, 4) is 0 Å². The monoisotopic (exact) mass is 440 g/mol. The molecule has 1 saturated heterocycles. The predicted molar refractivity (Wildman–Crippen MR) is 111 cm³/mol. The Morgan fingerprint density at radius 1 is 1.06 bits per heavy atom. The number of benzene rings is 2. The molecular weight excluding hydrogens is 418 g/mol. The first-order valence-electron chi connectivity index (χ1n) is 10.2. The number of nitrogens with zero attached hydrogens (tertiary/aromatic N) is 2. The number of hydrogen-bond donors (Lipinski definition) is 0. The average molecular weight is 440 g/mol. The lowest BCUT2D eigenvalue weighted by Crippen LogP contribution is -2.39.